The third kappa shape index (κ3) is 2.32. The van der Waals surface area contributed by atoms with Crippen LogP contribution in [-0.4, -0.2) is 17.6 Å². The summed E-state index contributed by atoms with van der Waals surface area (Å²) in [5, 5.41) is 15.8. The number of phenols is 1. The molecule has 0 aromatic heterocycles. The maximum Gasteiger partial charge on any atom is 0.255 e. The van der Waals surface area contributed by atoms with Gasteiger partial charge in [0.1, 0.15) is 5.75 Å². The van der Waals surface area contributed by atoms with Crippen LogP contribution in [0.2, 0.25) is 0 Å². The minimum Gasteiger partial charge on any atom is -0.506 e. The zero-order valence-electron chi connectivity index (χ0n) is 11.2. The lowest BCUT2D eigenvalue weighted by Gasteiger charge is -2.09. The van der Waals surface area contributed by atoms with Gasteiger partial charge in [-0.3, -0.25) is 4.79 Å². The van der Waals surface area contributed by atoms with E-state index in [2.05, 4.69) is 10.6 Å². The van der Waals surface area contributed by atoms with E-state index in [1.165, 1.54) is 0 Å². The molecule has 1 amide bonds. The molecule has 1 aliphatic heterocycles. The number of aromatic hydroxyl groups is 1. The van der Waals surface area contributed by atoms with Gasteiger partial charge in [-0.25, -0.2) is 0 Å². The molecule has 0 saturated carbocycles. The fourth-order valence-electron chi connectivity index (χ4n) is 2.39. The van der Waals surface area contributed by atoms with Crippen molar-refractivity contribution in [3.05, 3.63) is 53.1 Å². The first-order chi connectivity index (χ1) is 9.63. The van der Waals surface area contributed by atoms with Gasteiger partial charge in [0.25, 0.3) is 5.91 Å². The quantitative estimate of drug-likeness (QED) is 0.734. The van der Waals surface area contributed by atoms with Gasteiger partial charge >= 0.3 is 0 Å². The number of hydrogen-bond donors (Lipinski definition) is 3. The number of rotatable bonds is 2. The Morgan fingerprint density at radius 3 is 2.95 bits per heavy atom. The molecule has 3 rings (SSSR count). The molecule has 0 unspecified atom stereocenters. The van der Waals surface area contributed by atoms with E-state index in [-0.39, 0.29) is 11.7 Å². The number of benzene rings is 2. The number of phenolic OH excluding ortho intramolecular Hbond substituents is 1. The molecule has 0 spiro atoms. The van der Waals surface area contributed by atoms with Crippen molar-refractivity contribution >= 4 is 17.3 Å². The molecule has 0 aliphatic carbocycles. The maximum absolute atomic E-state index is 12.2. The van der Waals surface area contributed by atoms with E-state index in [0.29, 0.717) is 11.3 Å². The van der Waals surface area contributed by atoms with E-state index < -0.39 is 0 Å². The molecule has 2 aromatic carbocycles. The fourth-order valence-corrected chi connectivity index (χ4v) is 2.39. The summed E-state index contributed by atoms with van der Waals surface area (Å²) in [7, 11) is 0. The first kappa shape index (κ1) is 12.5. The summed E-state index contributed by atoms with van der Waals surface area (Å²) in [6.45, 7) is 2.83. The number of amides is 1. The SMILES string of the molecule is Cc1ccc(O)c(NC(=O)c2ccc3c(c2)CCN3)c1. The number of carbonyl (C=O) groups excluding carboxylic acids is 1. The topological polar surface area (TPSA) is 61.4 Å². The van der Waals surface area contributed by atoms with Crippen molar-refractivity contribution in [2.75, 3.05) is 17.2 Å². The molecule has 20 heavy (non-hydrogen) atoms. The van der Waals surface area contributed by atoms with Crippen LogP contribution < -0.4 is 10.6 Å². The van der Waals surface area contributed by atoms with Gasteiger partial charge in [0, 0.05) is 17.8 Å². The molecule has 2 aromatic rings. The Morgan fingerprint density at radius 2 is 2.10 bits per heavy atom. The number of hydrogen-bond acceptors (Lipinski definition) is 3. The Balaban J connectivity index is 1.84. The second kappa shape index (κ2) is 4.89. The van der Waals surface area contributed by atoms with Crippen LogP contribution in [0.3, 0.4) is 0 Å². The summed E-state index contributed by atoms with van der Waals surface area (Å²) in [5.41, 5.74) is 4.28. The van der Waals surface area contributed by atoms with Gasteiger partial charge in [-0.05, 0) is 54.8 Å². The van der Waals surface area contributed by atoms with Crippen molar-refractivity contribution < 1.29 is 9.90 Å². The van der Waals surface area contributed by atoms with Crippen LogP contribution in [0.1, 0.15) is 21.5 Å². The van der Waals surface area contributed by atoms with Gasteiger partial charge in [0.05, 0.1) is 5.69 Å². The second-order valence-corrected chi connectivity index (χ2v) is 5.02. The molecule has 4 nitrogen and oxygen atoms in total. The minimum absolute atomic E-state index is 0.0757. The summed E-state index contributed by atoms with van der Waals surface area (Å²) in [6, 6.07) is 10.7. The van der Waals surface area contributed by atoms with Crippen molar-refractivity contribution in [3.8, 4) is 5.75 Å². The van der Waals surface area contributed by atoms with Crippen molar-refractivity contribution in [1.82, 2.24) is 0 Å². The third-order valence-corrected chi connectivity index (χ3v) is 3.48. The van der Waals surface area contributed by atoms with E-state index in [0.717, 1.165) is 29.8 Å². The Bertz CT molecular complexity index is 680. The Hall–Kier alpha value is -2.49. The van der Waals surface area contributed by atoms with E-state index >= 15 is 0 Å². The van der Waals surface area contributed by atoms with Crippen LogP contribution in [0.25, 0.3) is 0 Å². The number of anilines is 2. The van der Waals surface area contributed by atoms with Gasteiger partial charge in [-0.15, -0.1) is 0 Å². The Labute approximate surface area is 117 Å². The van der Waals surface area contributed by atoms with Gasteiger partial charge < -0.3 is 15.7 Å². The summed E-state index contributed by atoms with van der Waals surface area (Å²) in [4.78, 5) is 12.2. The standard InChI is InChI=1S/C16H16N2O2/c1-10-2-5-15(19)14(8-10)18-16(20)12-3-4-13-11(9-12)6-7-17-13/h2-5,8-9,17,19H,6-7H2,1H3,(H,18,20). The lowest BCUT2D eigenvalue weighted by molar-refractivity contribution is 0.102. The van der Waals surface area contributed by atoms with E-state index in [9.17, 15) is 9.90 Å². The van der Waals surface area contributed by atoms with Gasteiger partial charge in [0.15, 0.2) is 0 Å². The zero-order valence-corrected chi connectivity index (χ0v) is 11.2. The summed E-state index contributed by atoms with van der Waals surface area (Å²) in [6.07, 6.45) is 0.937. The summed E-state index contributed by atoms with van der Waals surface area (Å²) < 4.78 is 0. The normalized spacial score (nSPS) is 12.7. The summed E-state index contributed by atoms with van der Waals surface area (Å²) >= 11 is 0. The lowest BCUT2D eigenvalue weighted by atomic mass is 10.1. The molecule has 0 radical (unpaired) electrons. The molecule has 4 heteroatoms. The largest absolute Gasteiger partial charge is 0.506 e. The summed E-state index contributed by atoms with van der Waals surface area (Å²) in [5.74, 6) is -0.132. The monoisotopic (exact) mass is 268 g/mol. The highest BCUT2D eigenvalue weighted by atomic mass is 16.3. The molecule has 1 aliphatic rings. The Kier molecular flexibility index (Phi) is 3.06. The second-order valence-electron chi connectivity index (χ2n) is 5.02. The van der Waals surface area contributed by atoms with Crippen molar-refractivity contribution in [2.24, 2.45) is 0 Å². The van der Waals surface area contributed by atoms with E-state index in [4.69, 9.17) is 0 Å². The molecular weight excluding hydrogens is 252 g/mol. The average molecular weight is 268 g/mol. The van der Waals surface area contributed by atoms with Crippen LogP contribution in [0.15, 0.2) is 36.4 Å². The Morgan fingerprint density at radius 1 is 1.25 bits per heavy atom. The van der Waals surface area contributed by atoms with Gasteiger partial charge in [0.2, 0.25) is 0 Å². The van der Waals surface area contributed by atoms with Crippen LogP contribution in [0.5, 0.6) is 5.75 Å². The van der Waals surface area contributed by atoms with Gasteiger partial charge in [-0.1, -0.05) is 6.07 Å². The molecule has 102 valence electrons. The van der Waals surface area contributed by atoms with Crippen molar-refractivity contribution in [3.63, 3.8) is 0 Å². The highest BCUT2D eigenvalue weighted by molar-refractivity contribution is 6.05. The predicted octanol–water partition coefficient (Wildman–Crippen LogP) is 2.92. The number of nitrogens with one attached hydrogen (secondary N) is 2. The minimum atomic E-state index is -0.208. The van der Waals surface area contributed by atoms with Crippen LogP contribution in [0, 0.1) is 6.92 Å². The van der Waals surface area contributed by atoms with Gasteiger partial charge in [-0.2, -0.15) is 0 Å². The third-order valence-electron chi connectivity index (χ3n) is 3.48. The predicted molar refractivity (Wildman–Crippen MR) is 79.4 cm³/mol. The average Bonchev–Trinajstić information content (AvgIpc) is 2.90. The first-order valence-corrected chi connectivity index (χ1v) is 6.61. The molecule has 0 fully saturated rings. The molecule has 1 heterocycles. The molecule has 0 atom stereocenters. The smallest absolute Gasteiger partial charge is 0.255 e. The number of carbonyl (C=O) groups is 1. The van der Waals surface area contributed by atoms with Crippen LogP contribution in [0.4, 0.5) is 11.4 Å². The van der Waals surface area contributed by atoms with Crippen LogP contribution >= 0.6 is 0 Å². The molecule has 0 saturated heterocycles. The van der Waals surface area contributed by atoms with E-state index in [1.54, 1.807) is 24.3 Å². The molecule has 0 bridgehead atoms. The van der Waals surface area contributed by atoms with E-state index in [1.807, 2.05) is 19.1 Å². The maximum atomic E-state index is 12.2. The van der Waals surface area contributed by atoms with Crippen molar-refractivity contribution in [2.45, 2.75) is 13.3 Å². The number of fused-ring (bicyclic) bond motifs is 1. The first-order valence-electron chi connectivity index (χ1n) is 6.61. The lowest BCUT2D eigenvalue weighted by Crippen LogP contribution is -2.12. The highest BCUT2D eigenvalue weighted by Gasteiger charge is 2.14. The number of aryl methyl sites for hydroxylation is 1. The zero-order chi connectivity index (χ0) is 14.1. The van der Waals surface area contributed by atoms with Crippen molar-refractivity contribution in [1.29, 1.82) is 0 Å². The molecular formula is C16H16N2O2. The highest BCUT2D eigenvalue weighted by Crippen LogP contribution is 2.26. The fraction of sp³-hybridized carbons (Fsp3) is 0.188. The molecule has 3 N–H and O–H groups in total. The van der Waals surface area contributed by atoms with Crippen LogP contribution in [-0.2, 0) is 6.42 Å².